The molecule has 0 radical (unpaired) electrons. The van der Waals surface area contributed by atoms with Gasteiger partial charge in [-0.15, -0.1) is 10.2 Å². The Balaban J connectivity index is 1.56. The first-order valence-corrected chi connectivity index (χ1v) is 8.76. The van der Waals surface area contributed by atoms with Gasteiger partial charge in [0.1, 0.15) is 11.8 Å². The SMILES string of the molecule is COc1ccc(CN2Cc3nnc(C4CCCN4)n3[C@@H](C)C2=O)cc1. The van der Waals surface area contributed by atoms with Crippen LogP contribution in [0.1, 0.15) is 49.1 Å². The van der Waals surface area contributed by atoms with Gasteiger partial charge in [-0.2, -0.15) is 0 Å². The van der Waals surface area contributed by atoms with Crippen LogP contribution in [0.5, 0.6) is 5.75 Å². The Labute approximate surface area is 147 Å². The number of nitrogens with one attached hydrogen (secondary N) is 1. The van der Waals surface area contributed by atoms with Gasteiger partial charge in [0.2, 0.25) is 5.91 Å². The quantitative estimate of drug-likeness (QED) is 0.918. The molecule has 1 saturated heterocycles. The molecule has 132 valence electrons. The summed E-state index contributed by atoms with van der Waals surface area (Å²) in [6.45, 7) is 4.00. The van der Waals surface area contributed by atoms with Gasteiger partial charge >= 0.3 is 0 Å². The van der Waals surface area contributed by atoms with Crippen LogP contribution in [0.15, 0.2) is 24.3 Å². The van der Waals surface area contributed by atoms with E-state index < -0.39 is 0 Å². The molecule has 1 aromatic heterocycles. The van der Waals surface area contributed by atoms with Crippen molar-refractivity contribution in [2.45, 2.75) is 44.9 Å². The summed E-state index contributed by atoms with van der Waals surface area (Å²) in [6.07, 6.45) is 2.19. The van der Waals surface area contributed by atoms with E-state index in [1.807, 2.05) is 40.7 Å². The van der Waals surface area contributed by atoms with Crippen molar-refractivity contribution in [2.24, 2.45) is 0 Å². The third-order valence-electron chi connectivity index (χ3n) is 5.09. The second-order valence-electron chi connectivity index (χ2n) is 6.71. The molecule has 0 aliphatic carbocycles. The summed E-state index contributed by atoms with van der Waals surface area (Å²) in [7, 11) is 1.65. The summed E-state index contributed by atoms with van der Waals surface area (Å²) in [6, 6.07) is 7.76. The molecule has 3 heterocycles. The molecule has 7 nitrogen and oxygen atoms in total. The van der Waals surface area contributed by atoms with Crippen LogP contribution < -0.4 is 10.1 Å². The van der Waals surface area contributed by atoms with Gasteiger partial charge in [0.25, 0.3) is 0 Å². The summed E-state index contributed by atoms with van der Waals surface area (Å²) in [5, 5.41) is 12.2. The number of rotatable bonds is 4. The summed E-state index contributed by atoms with van der Waals surface area (Å²) in [5.41, 5.74) is 1.08. The molecule has 7 heteroatoms. The molecule has 0 saturated carbocycles. The second kappa shape index (κ2) is 6.48. The van der Waals surface area contributed by atoms with Gasteiger partial charge < -0.3 is 15.0 Å². The van der Waals surface area contributed by atoms with E-state index in [2.05, 4.69) is 15.5 Å². The second-order valence-corrected chi connectivity index (χ2v) is 6.71. The number of benzene rings is 1. The minimum absolute atomic E-state index is 0.113. The van der Waals surface area contributed by atoms with E-state index >= 15 is 0 Å². The number of nitrogens with zero attached hydrogens (tertiary/aromatic N) is 4. The summed E-state index contributed by atoms with van der Waals surface area (Å²) in [5.74, 6) is 2.69. The maximum atomic E-state index is 12.9. The van der Waals surface area contributed by atoms with Crippen LogP contribution in [0.3, 0.4) is 0 Å². The zero-order chi connectivity index (χ0) is 17.4. The number of amides is 1. The lowest BCUT2D eigenvalue weighted by molar-refractivity contribution is -0.137. The molecule has 4 rings (SSSR count). The van der Waals surface area contributed by atoms with Gasteiger partial charge in [-0.3, -0.25) is 9.36 Å². The van der Waals surface area contributed by atoms with Crippen LogP contribution in [-0.4, -0.2) is 39.2 Å². The fourth-order valence-corrected chi connectivity index (χ4v) is 3.72. The number of carbonyl (C=O) groups is 1. The van der Waals surface area contributed by atoms with E-state index in [0.29, 0.717) is 13.1 Å². The molecule has 0 bridgehead atoms. The number of ether oxygens (including phenoxy) is 1. The molecular weight excluding hydrogens is 318 g/mol. The van der Waals surface area contributed by atoms with Crippen LogP contribution in [-0.2, 0) is 17.9 Å². The van der Waals surface area contributed by atoms with Crippen LogP contribution in [0.25, 0.3) is 0 Å². The molecular formula is C18H23N5O2. The molecule has 2 aliphatic rings. The normalized spacial score (nSPS) is 23.0. The van der Waals surface area contributed by atoms with Crippen molar-refractivity contribution >= 4 is 5.91 Å². The van der Waals surface area contributed by atoms with Crippen molar-refractivity contribution < 1.29 is 9.53 Å². The lowest BCUT2D eigenvalue weighted by atomic mass is 10.1. The number of hydrogen-bond donors (Lipinski definition) is 1. The number of carbonyl (C=O) groups excluding carboxylic acids is 1. The summed E-state index contributed by atoms with van der Waals surface area (Å²) in [4.78, 5) is 14.7. The Hall–Kier alpha value is -2.41. The molecule has 25 heavy (non-hydrogen) atoms. The fraction of sp³-hybridized carbons (Fsp3) is 0.500. The van der Waals surface area contributed by atoms with Crippen molar-refractivity contribution in [1.82, 2.24) is 25.0 Å². The number of methoxy groups -OCH3 is 1. The highest BCUT2D eigenvalue weighted by Crippen LogP contribution is 2.29. The molecule has 2 atom stereocenters. The highest BCUT2D eigenvalue weighted by molar-refractivity contribution is 5.81. The van der Waals surface area contributed by atoms with Crippen LogP contribution in [0.4, 0.5) is 0 Å². The van der Waals surface area contributed by atoms with E-state index in [0.717, 1.165) is 42.3 Å². The Morgan fingerprint density at radius 2 is 2.08 bits per heavy atom. The van der Waals surface area contributed by atoms with Crippen molar-refractivity contribution in [1.29, 1.82) is 0 Å². The molecule has 2 aliphatic heterocycles. The van der Waals surface area contributed by atoms with Gasteiger partial charge in [0.15, 0.2) is 11.6 Å². The predicted octanol–water partition coefficient (Wildman–Crippen LogP) is 1.81. The minimum atomic E-state index is -0.269. The number of fused-ring (bicyclic) bond motifs is 1. The monoisotopic (exact) mass is 341 g/mol. The third kappa shape index (κ3) is 2.89. The molecule has 2 aromatic rings. The topological polar surface area (TPSA) is 72.3 Å². The zero-order valence-corrected chi connectivity index (χ0v) is 14.6. The van der Waals surface area contributed by atoms with Gasteiger partial charge in [-0.1, -0.05) is 12.1 Å². The van der Waals surface area contributed by atoms with Gasteiger partial charge in [-0.05, 0) is 44.0 Å². The van der Waals surface area contributed by atoms with Crippen molar-refractivity contribution in [3.63, 3.8) is 0 Å². The fourth-order valence-electron chi connectivity index (χ4n) is 3.72. The lowest BCUT2D eigenvalue weighted by Gasteiger charge is -2.32. The van der Waals surface area contributed by atoms with Crippen molar-refractivity contribution in [3.05, 3.63) is 41.5 Å². The Kier molecular flexibility index (Phi) is 4.17. The predicted molar refractivity (Wildman–Crippen MR) is 92.0 cm³/mol. The van der Waals surface area contributed by atoms with Crippen LogP contribution in [0, 0.1) is 0 Å². The van der Waals surface area contributed by atoms with Gasteiger partial charge in [0.05, 0.1) is 19.7 Å². The zero-order valence-electron chi connectivity index (χ0n) is 14.6. The summed E-state index contributed by atoms with van der Waals surface area (Å²) < 4.78 is 7.21. The first-order chi connectivity index (χ1) is 12.2. The first-order valence-electron chi connectivity index (χ1n) is 8.76. The number of hydrogen-bond acceptors (Lipinski definition) is 5. The summed E-state index contributed by atoms with van der Waals surface area (Å²) >= 11 is 0. The molecule has 0 spiro atoms. The first kappa shape index (κ1) is 16.1. The maximum absolute atomic E-state index is 12.9. The molecule has 1 aromatic carbocycles. The Bertz CT molecular complexity index is 764. The van der Waals surface area contributed by atoms with Gasteiger partial charge in [0, 0.05) is 6.54 Å². The molecule has 1 fully saturated rings. The average Bonchev–Trinajstić information content (AvgIpc) is 3.29. The Morgan fingerprint density at radius 3 is 2.76 bits per heavy atom. The largest absolute Gasteiger partial charge is 0.497 e. The van der Waals surface area contributed by atoms with E-state index in [9.17, 15) is 4.79 Å². The molecule has 1 amide bonds. The number of aromatic nitrogens is 3. The van der Waals surface area contributed by atoms with E-state index in [4.69, 9.17) is 4.74 Å². The van der Waals surface area contributed by atoms with Crippen LogP contribution in [0.2, 0.25) is 0 Å². The van der Waals surface area contributed by atoms with Crippen molar-refractivity contribution in [3.8, 4) is 5.75 Å². The van der Waals surface area contributed by atoms with Crippen molar-refractivity contribution in [2.75, 3.05) is 13.7 Å². The molecule has 1 unspecified atom stereocenters. The standard InChI is InChI=1S/C18H23N5O2/c1-12-18(24)22(10-13-5-7-14(25-2)8-6-13)11-16-20-21-17(23(12)16)15-4-3-9-19-15/h5-8,12,15,19H,3-4,9-11H2,1-2H3/t12-,15?/m0/s1. The van der Waals surface area contributed by atoms with E-state index in [-0.39, 0.29) is 18.0 Å². The highest BCUT2D eigenvalue weighted by atomic mass is 16.5. The van der Waals surface area contributed by atoms with Crippen LogP contribution >= 0.6 is 0 Å². The van der Waals surface area contributed by atoms with E-state index in [1.54, 1.807) is 7.11 Å². The van der Waals surface area contributed by atoms with E-state index in [1.165, 1.54) is 0 Å². The minimum Gasteiger partial charge on any atom is -0.497 e. The third-order valence-corrected chi connectivity index (χ3v) is 5.09. The molecule has 1 N–H and O–H groups in total. The highest BCUT2D eigenvalue weighted by Gasteiger charge is 2.35. The van der Waals surface area contributed by atoms with Gasteiger partial charge in [-0.25, -0.2) is 0 Å². The smallest absolute Gasteiger partial charge is 0.246 e. The lowest BCUT2D eigenvalue weighted by Crippen LogP contribution is -2.42. The Morgan fingerprint density at radius 1 is 1.28 bits per heavy atom. The maximum Gasteiger partial charge on any atom is 0.246 e. The average molecular weight is 341 g/mol.